The van der Waals surface area contributed by atoms with E-state index in [4.69, 9.17) is 29.4 Å². The van der Waals surface area contributed by atoms with E-state index in [0.29, 0.717) is 0 Å². The summed E-state index contributed by atoms with van der Waals surface area (Å²) in [6.45, 7) is 4.75. The molecule has 0 aliphatic heterocycles. The Labute approximate surface area is 76.9 Å². The zero-order valence-corrected chi connectivity index (χ0v) is 6.76. The van der Waals surface area contributed by atoms with Crippen molar-refractivity contribution >= 4 is 48.1 Å². The van der Waals surface area contributed by atoms with E-state index >= 15 is 0 Å². The summed E-state index contributed by atoms with van der Waals surface area (Å²) in [4.78, 5) is 0. The first-order valence-electron chi connectivity index (χ1n) is 0.906. The maximum absolute atomic E-state index is 8.63. The molecule has 0 rings (SSSR count). The molecule has 0 atom stereocenters. The number of hydrogen-bond acceptors (Lipinski definition) is 4. The molecular weight excluding hydrogens is 162 g/mol. The summed E-state index contributed by atoms with van der Waals surface area (Å²) < 4.78 is 32.8. The second-order valence-electron chi connectivity index (χ2n) is 0.428. The SMILES string of the molecule is O=S(=O)([O-])O.[C-]#N.[Ca+2]. The van der Waals surface area contributed by atoms with Crippen molar-refractivity contribution in [3.63, 3.8) is 0 Å². The molecule has 8 heavy (non-hydrogen) atoms. The van der Waals surface area contributed by atoms with Crippen LogP contribution in [0.25, 0.3) is 0 Å². The zero-order chi connectivity index (χ0) is 6.50. The number of rotatable bonds is 0. The van der Waals surface area contributed by atoms with Crippen LogP contribution in [0.1, 0.15) is 0 Å². The van der Waals surface area contributed by atoms with Gasteiger partial charge in [0.1, 0.15) is 0 Å². The molecular formula is CHCaNO4S. The van der Waals surface area contributed by atoms with E-state index in [1.807, 2.05) is 0 Å². The molecule has 0 aromatic heterocycles. The van der Waals surface area contributed by atoms with Crippen molar-refractivity contribution in [2.75, 3.05) is 0 Å². The molecule has 7 heteroatoms. The molecule has 0 saturated heterocycles. The van der Waals surface area contributed by atoms with Gasteiger partial charge < -0.3 is 16.4 Å². The third-order valence-electron chi connectivity index (χ3n) is 0. The summed E-state index contributed by atoms with van der Waals surface area (Å²) >= 11 is 0. The molecule has 0 saturated carbocycles. The van der Waals surface area contributed by atoms with E-state index in [1.54, 1.807) is 0 Å². The van der Waals surface area contributed by atoms with Crippen LogP contribution in [-0.4, -0.2) is 55.3 Å². The van der Waals surface area contributed by atoms with Crippen molar-refractivity contribution in [2.45, 2.75) is 0 Å². The Morgan fingerprint density at radius 2 is 1.50 bits per heavy atom. The fourth-order valence-electron chi connectivity index (χ4n) is 0. The summed E-state index contributed by atoms with van der Waals surface area (Å²) in [5.41, 5.74) is 0. The van der Waals surface area contributed by atoms with E-state index in [9.17, 15) is 0 Å². The first kappa shape index (κ1) is 15.8. The summed E-state index contributed by atoms with van der Waals surface area (Å²) in [6, 6.07) is 0. The molecule has 0 aliphatic rings. The third kappa shape index (κ3) is 544. The quantitative estimate of drug-likeness (QED) is 0.207. The monoisotopic (exact) mass is 163 g/mol. The van der Waals surface area contributed by atoms with Gasteiger partial charge in [0.2, 0.25) is 10.4 Å². The molecule has 0 bridgehead atoms. The van der Waals surface area contributed by atoms with Gasteiger partial charge in [0, 0.05) is 0 Å². The minimum Gasteiger partial charge on any atom is -0.726 e. The van der Waals surface area contributed by atoms with Crippen molar-refractivity contribution < 1.29 is 17.5 Å². The molecule has 0 amide bonds. The van der Waals surface area contributed by atoms with Crippen molar-refractivity contribution in [2.24, 2.45) is 0 Å². The predicted octanol–water partition coefficient (Wildman–Crippen LogP) is -1.28. The summed E-state index contributed by atoms with van der Waals surface area (Å²) in [5, 5.41) is 6.25. The van der Waals surface area contributed by atoms with Gasteiger partial charge in [-0.05, 0) is 0 Å². The van der Waals surface area contributed by atoms with Crippen LogP contribution in [0.4, 0.5) is 0 Å². The van der Waals surface area contributed by atoms with E-state index in [-0.39, 0.29) is 37.7 Å². The number of nitrogens with zero attached hydrogens (tertiary/aromatic N) is 1. The van der Waals surface area contributed by atoms with Gasteiger partial charge in [-0.2, -0.15) is 0 Å². The first-order chi connectivity index (χ1) is 3.00. The van der Waals surface area contributed by atoms with Crippen LogP contribution in [0, 0.1) is 11.8 Å². The van der Waals surface area contributed by atoms with E-state index in [0.717, 1.165) is 0 Å². The fourth-order valence-corrected chi connectivity index (χ4v) is 0. The van der Waals surface area contributed by atoms with Crippen molar-refractivity contribution in [1.82, 2.24) is 0 Å². The molecule has 0 radical (unpaired) electrons. The third-order valence-corrected chi connectivity index (χ3v) is 0. The molecule has 42 valence electrons. The van der Waals surface area contributed by atoms with Gasteiger partial charge in [0.25, 0.3) is 0 Å². The summed E-state index contributed by atoms with van der Waals surface area (Å²) in [5.74, 6) is 0. The Kier molecular flexibility index (Phi) is 15.1. The van der Waals surface area contributed by atoms with Crippen molar-refractivity contribution in [3.05, 3.63) is 6.57 Å². The first-order valence-corrected chi connectivity index (χ1v) is 2.27. The van der Waals surface area contributed by atoms with Gasteiger partial charge in [-0.1, -0.05) is 0 Å². The second kappa shape index (κ2) is 7.62. The van der Waals surface area contributed by atoms with Crippen LogP contribution >= 0.6 is 0 Å². The molecule has 0 spiro atoms. The Morgan fingerprint density at radius 1 is 1.50 bits per heavy atom. The molecule has 0 aliphatic carbocycles. The molecule has 0 aromatic carbocycles. The molecule has 0 heterocycles. The van der Waals surface area contributed by atoms with Crippen LogP contribution in [0.2, 0.25) is 0 Å². The molecule has 0 aromatic rings. The standard InChI is InChI=1S/CN.Ca.H2O4S/c1-2;;1-5(2,3)4/h;;(H2,1,2,3,4)/q-1;+2;/p-1. The average Bonchev–Trinajstić information content (AvgIpc) is 1.36. The summed E-state index contributed by atoms with van der Waals surface area (Å²) in [6.07, 6.45) is 0. The van der Waals surface area contributed by atoms with Gasteiger partial charge in [0.15, 0.2) is 0 Å². The van der Waals surface area contributed by atoms with Crippen LogP contribution in [0.5, 0.6) is 0 Å². The maximum Gasteiger partial charge on any atom is 2.00 e. The Morgan fingerprint density at radius 3 is 1.50 bits per heavy atom. The van der Waals surface area contributed by atoms with E-state index in [2.05, 4.69) is 0 Å². The normalized spacial score (nSPS) is 7.50. The van der Waals surface area contributed by atoms with Crippen LogP contribution in [0.15, 0.2) is 0 Å². The molecule has 0 unspecified atom stereocenters. The Bertz CT molecular complexity index is 127. The Hall–Kier alpha value is 0.620. The second-order valence-corrected chi connectivity index (χ2v) is 1.28. The fraction of sp³-hybridized carbons (Fsp3) is 0. The van der Waals surface area contributed by atoms with E-state index in [1.165, 1.54) is 0 Å². The molecule has 1 N–H and O–H groups in total. The minimum absolute atomic E-state index is 0. The van der Waals surface area contributed by atoms with Gasteiger partial charge in [-0.3, -0.25) is 4.55 Å². The topological polar surface area (TPSA) is 101 Å². The van der Waals surface area contributed by atoms with Crippen LogP contribution in [0.3, 0.4) is 0 Å². The maximum atomic E-state index is 8.63. The smallest absolute Gasteiger partial charge is 0.726 e. The largest absolute Gasteiger partial charge is 2.00 e. The summed E-state index contributed by atoms with van der Waals surface area (Å²) in [7, 11) is -4.92. The van der Waals surface area contributed by atoms with Gasteiger partial charge in [0.05, 0.1) is 0 Å². The van der Waals surface area contributed by atoms with Crippen molar-refractivity contribution in [1.29, 1.82) is 5.26 Å². The van der Waals surface area contributed by atoms with Gasteiger partial charge >= 0.3 is 37.7 Å². The van der Waals surface area contributed by atoms with Gasteiger partial charge in [-0.25, -0.2) is 8.42 Å². The van der Waals surface area contributed by atoms with Gasteiger partial charge in [-0.15, -0.1) is 0 Å². The molecule has 0 fully saturated rings. The predicted molar refractivity (Wildman–Crippen MR) is 23.0 cm³/mol. The minimum atomic E-state index is -4.92. The number of hydrogen-bond donors (Lipinski definition) is 1. The molecule has 5 nitrogen and oxygen atoms in total. The average molecular weight is 163 g/mol. The van der Waals surface area contributed by atoms with Crippen LogP contribution < -0.4 is 0 Å². The van der Waals surface area contributed by atoms with Crippen LogP contribution in [-0.2, 0) is 10.4 Å². The van der Waals surface area contributed by atoms with Crippen molar-refractivity contribution in [3.8, 4) is 0 Å². The Balaban J connectivity index is -0.0000000750. The van der Waals surface area contributed by atoms with E-state index < -0.39 is 10.4 Å². The zero-order valence-electron chi connectivity index (χ0n) is 3.73.